The maximum absolute atomic E-state index is 12.1. The lowest BCUT2D eigenvalue weighted by Crippen LogP contribution is -2.37. The topological polar surface area (TPSA) is 74.7 Å². The molecule has 0 fully saturated rings. The predicted octanol–water partition coefficient (Wildman–Crippen LogP) is 1.63. The molecule has 1 N–H and O–H groups in total. The van der Waals surface area contributed by atoms with Crippen LogP contribution in [0.2, 0.25) is 0 Å². The minimum atomic E-state index is -3.59. The van der Waals surface area contributed by atoms with Crippen LogP contribution in [0.4, 0.5) is 5.69 Å². The molecule has 0 saturated heterocycles. The molecule has 6 heteroatoms. The maximum atomic E-state index is 12.1. The number of carboxylic acids is 1. The molecule has 0 atom stereocenters. The van der Waals surface area contributed by atoms with E-state index in [4.69, 9.17) is 5.11 Å². The van der Waals surface area contributed by atoms with Gasteiger partial charge in [0, 0.05) is 0 Å². The lowest BCUT2D eigenvalue weighted by molar-refractivity contribution is -0.135. The van der Waals surface area contributed by atoms with Gasteiger partial charge in [-0.3, -0.25) is 9.10 Å². The summed E-state index contributed by atoms with van der Waals surface area (Å²) >= 11 is 0. The Kier molecular flexibility index (Phi) is 4.72. The summed E-state index contributed by atoms with van der Waals surface area (Å²) in [6.45, 7) is 2.95. The van der Waals surface area contributed by atoms with Crippen molar-refractivity contribution >= 4 is 21.7 Å². The summed E-state index contributed by atoms with van der Waals surface area (Å²) in [6, 6.07) is 6.85. The van der Waals surface area contributed by atoms with Gasteiger partial charge >= 0.3 is 5.97 Å². The van der Waals surface area contributed by atoms with Crippen molar-refractivity contribution in [2.45, 2.75) is 20.3 Å². The maximum Gasteiger partial charge on any atom is 0.324 e. The summed E-state index contributed by atoms with van der Waals surface area (Å²) in [6.07, 6.45) is 0.449. The molecule has 0 amide bonds. The highest BCUT2D eigenvalue weighted by Crippen LogP contribution is 2.22. The first kappa shape index (κ1) is 14.5. The molecule has 5 nitrogen and oxygen atoms in total. The van der Waals surface area contributed by atoms with E-state index in [1.165, 1.54) is 0 Å². The zero-order valence-electron chi connectivity index (χ0n) is 10.5. The molecule has 0 aliphatic carbocycles. The molecular formula is C12H17NO4S. The third-order valence-electron chi connectivity index (χ3n) is 2.46. The van der Waals surface area contributed by atoms with Crippen LogP contribution in [0.1, 0.15) is 18.9 Å². The highest BCUT2D eigenvalue weighted by Gasteiger charge is 2.24. The Morgan fingerprint density at radius 3 is 2.44 bits per heavy atom. The number of sulfonamides is 1. The second-order valence-corrected chi connectivity index (χ2v) is 6.02. The van der Waals surface area contributed by atoms with Crippen LogP contribution in [0.15, 0.2) is 24.3 Å². The number of hydrogen-bond acceptors (Lipinski definition) is 3. The summed E-state index contributed by atoms with van der Waals surface area (Å²) < 4.78 is 25.1. The van der Waals surface area contributed by atoms with Gasteiger partial charge < -0.3 is 5.11 Å². The van der Waals surface area contributed by atoms with E-state index in [2.05, 4.69) is 0 Å². The number of aryl methyl sites for hydroxylation is 1. The fourth-order valence-electron chi connectivity index (χ4n) is 1.67. The summed E-state index contributed by atoms with van der Waals surface area (Å²) in [5.74, 6) is -1.23. The third kappa shape index (κ3) is 3.46. The van der Waals surface area contributed by atoms with Gasteiger partial charge in [0.25, 0.3) is 0 Å². The standard InChI is InChI=1S/C12H17NO4S/c1-3-8-18(16,17)13(9-12(14)15)11-7-5-4-6-10(11)2/h4-7H,3,8-9H2,1-2H3,(H,14,15). The van der Waals surface area contributed by atoms with Gasteiger partial charge in [0.1, 0.15) is 6.54 Å². The van der Waals surface area contributed by atoms with E-state index in [1.54, 1.807) is 38.1 Å². The Labute approximate surface area is 107 Å². The van der Waals surface area contributed by atoms with Crippen molar-refractivity contribution in [3.63, 3.8) is 0 Å². The second kappa shape index (κ2) is 5.86. The highest BCUT2D eigenvalue weighted by atomic mass is 32.2. The van der Waals surface area contributed by atoms with Gasteiger partial charge in [0.05, 0.1) is 11.4 Å². The van der Waals surface area contributed by atoms with E-state index in [0.717, 1.165) is 9.87 Å². The number of hydrogen-bond donors (Lipinski definition) is 1. The van der Waals surface area contributed by atoms with E-state index in [0.29, 0.717) is 12.1 Å². The summed E-state index contributed by atoms with van der Waals surface area (Å²) in [7, 11) is -3.59. The van der Waals surface area contributed by atoms with E-state index in [9.17, 15) is 13.2 Å². The molecule has 100 valence electrons. The quantitative estimate of drug-likeness (QED) is 0.853. The van der Waals surface area contributed by atoms with Crippen LogP contribution in [0.25, 0.3) is 0 Å². The molecule has 18 heavy (non-hydrogen) atoms. The average Bonchev–Trinajstić information content (AvgIpc) is 2.26. The van der Waals surface area contributed by atoms with Gasteiger partial charge in [-0.1, -0.05) is 25.1 Å². The SMILES string of the molecule is CCCS(=O)(=O)N(CC(=O)O)c1ccccc1C. The van der Waals surface area contributed by atoms with E-state index in [1.807, 2.05) is 0 Å². The van der Waals surface area contributed by atoms with Crippen molar-refractivity contribution in [3.05, 3.63) is 29.8 Å². The van der Waals surface area contributed by atoms with Gasteiger partial charge in [-0.15, -0.1) is 0 Å². The second-order valence-electron chi connectivity index (χ2n) is 4.00. The van der Waals surface area contributed by atoms with Gasteiger partial charge in [-0.2, -0.15) is 0 Å². The molecular weight excluding hydrogens is 254 g/mol. The van der Waals surface area contributed by atoms with Crippen LogP contribution in [0, 0.1) is 6.92 Å². The Morgan fingerprint density at radius 1 is 1.33 bits per heavy atom. The number of aliphatic carboxylic acids is 1. The summed E-state index contributed by atoms with van der Waals surface area (Å²) in [5.41, 5.74) is 1.16. The van der Waals surface area contributed by atoms with Crippen molar-refractivity contribution in [1.29, 1.82) is 0 Å². The van der Waals surface area contributed by atoms with Crippen LogP contribution >= 0.6 is 0 Å². The van der Waals surface area contributed by atoms with Gasteiger partial charge in [0.15, 0.2) is 0 Å². The number of rotatable bonds is 6. The summed E-state index contributed by atoms with van der Waals surface area (Å²) in [4.78, 5) is 10.8. The first-order valence-electron chi connectivity index (χ1n) is 5.66. The number of para-hydroxylation sites is 1. The number of anilines is 1. The predicted molar refractivity (Wildman–Crippen MR) is 70.2 cm³/mol. The monoisotopic (exact) mass is 271 g/mol. The van der Waals surface area contributed by atoms with Crippen molar-refractivity contribution in [2.24, 2.45) is 0 Å². The molecule has 0 aliphatic heterocycles. The molecule has 0 bridgehead atoms. The minimum Gasteiger partial charge on any atom is -0.480 e. The molecule has 0 unspecified atom stereocenters. The van der Waals surface area contributed by atoms with Crippen molar-refractivity contribution in [3.8, 4) is 0 Å². The molecule has 0 aliphatic rings. The van der Waals surface area contributed by atoms with E-state index >= 15 is 0 Å². The molecule has 0 heterocycles. The fraction of sp³-hybridized carbons (Fsp3) is 0.417. The van der Waals surface area contributed by atoms with Crippen LogP contribution in [0.5, 0.6) is 0 Å². The van der Waals surface area contributed by atoms with Gasteiger partial charge in [0.2, 0.25) is 10.0 Å². The zero-order valence-corrected chi connectivity index (χ0v) is 11.3. The van der Waals surface area contributed by atoms with Crippen LogP contribution in [0.3, 0.4) is 0 Å². The molecule has 1 aromatic rings. The first-order chi connectivity index (χ1) is 8.38. The van der Waals surface area contributed by atoms with Crippen molar-refractivity contribution in [1.82, 2.24) is 0 Å². The van der Waals surface area contributed by atoms with Crippen LogP contribution < -0.4 is 4.31 Å². The Bertz CT molecular complexity index is 525. The van der Waals surface area contributed by atoms with Crippen LogP contribution in [-0.4, -0.2) is 31.8 Å². The lowest BCUT2D eigenvalue weighted by Gasteiger charge is -2.24. The Morgan fingerprint density at radius 2 is 1.94 bits per heavy atom. The van der Waals surface area contributed by atoms with Gasteiger partial charge in [-0.05, 0) is 25.0 Å². The molecule has 0 spiro atoms. The fourth-order valence-corrected chi connectivity index (χ4v) is 3.22. The molecule has 0 saturated carbocycles. The Hall–Kier alpha value is -1.56. The number of carboxylic acid groups (broad SMARTS) is 1. The van der Waals surface area contributed by atoms with Crippen molar-refractivity contribution in [2.75, 3.05) is 16.6 Å². The lowest BCUT2D eigenvalue weighted by atomic mass is 10.2. The molecule has 1 aromatic carbocycles. The largest absolute Gasteiger partial charge is 0.480 e. The average molecular weight is 271 g/mol. The van der Waals surface area contributed by atoms with E-state index in [-0.39, 0.29) is 5.75 Å². The normalized spacial score (nSPS) is 11.2. The molecule has 0 radical (unpaired) electrons. The summed E-state index contributed by atoms with van der Waals surface area (Å²) in [5, 5.41) is 8.86. The first-order valence-corrected chi connectivity index (χ1v) is 7.27. The smallest absolute Gasteiger partial charge is 0.324 e. The zero-order chi connectivity index (χ0) is 13.8. The number of carbonyl (C=O) groups is 1. The number of nitrogens with zero attached hydrogens (tertiary/aromatic N) is 1. The Balaban J connectivity index is 3.22. The molecule has 0 aromatic heterocycles. The van der Waals surface area contributed by atoms with E-state index < -0.39 is 22.5 Å². The van der Waals surface area contributed by atoms with Gasteiger partial charge in [-0.25, -0.2) is 8.42 Å². The number of benzene rings is 1. The third-order valence-corrected chi connectivity index (χ3v) is 4.38. The highest BCUT2D eigenvalue weighted by molar-refractivity contribution is 7.92. The van der Waals surface area contributed by atoms with Crippen molar-refractivity contribution < 1.29 is 18.3 Å². The minimum absolute atomic E-state index is 0.0609. The van der Waals surface area contributed by atoms with Crippen LogP contribution in [-0.2, 0) is 14.8 Å². The molecule has 1 rings (SSSR count).